The van der Waals surface area contributed by atoms with Crippen molar-refractivity contribution in [3.63, 3.8) is 0 Å². The van der Waals surface area contributed by atoms with E-state index in [1.807, 2.05) is 6.20 Å². The van der Waals surface area contributed by atoms with Crippen LogP contribution in [-0.2, 0) is 11.3 Å². The lowest BCUT2D eigenvalue weighted by Crippen LogP contribution is -2.21. The summed E-state index contributed by atoms with van der Waals surface area (Å²) in [6, 6.07) is 0.520. The number of nitrogens with zero attached hydrogens (tertiary/aromatic N) is 1. The summed E-state index contributed by atoms with van der Waals surface area (Å²) < 4.78 is 5.82. The summed E-state index contributed by atoms with van der Waals surface area (Å²) in [6.45, 7) is 8.08. The normalized spacial score (nSPS) is 17.6. The quantitative estimate of drug-likeness (QED) is 0.811. The van der Waals surface area contributed by atoms with Crippen molar-refractivity contribution in [1.29, 1.82) is 0 Å². The Morgan fingerprint density at radius 1 is 1.53 bits per heavy atom. The lowest BCUT2D eigenvalue weighted by molar-refractivity contribution is 0.0462. The second kappa shape index (κ2) is 5.94. The van der Waals surface area contributed by atoms with Gasteiger partial charge in [0, 0.05) is 30.3 Å². The Morgan fingerprint density at radius 3 is 2.88 bits per heavy atom. The molecule has 0 aliphatic heterocycles. The highest BCUT2D eigenvalue weighted by Gasteiger charge is 2.34. The zero-order valence-corrected chi connectivity index (χ0v) is 11.7. The Bertz CT molecular complexity index is 347. The summed E-state index contributed by atoms with van der Waals surface area (Å²) in [5.74, 6) is 0.715. The molecular weight excluding hydrogens is 232 g/mol. The van der Waals surface area contributed by atoms with Gasteiger partial charge in [0.05, 0.1) is 0 Å². The molecule has 4 heteroatoms. The van der Waals surface area contributed by atoms with Crippen LogP contribution in [0.1, 0.15) is 49.6 Å². The van der Waals surface area contributed by atoms with Gasteiger partial charge in [0.1, 0.15) is 11.1 Å². The van der Waals surface area contributed by atoms with Crippen LogP contribution in [0.4, 0.5) is 0 Å². The van der Waals surface area contributed by atoms with Crippen LogP contribution >= 0.6 is 11.3 Å². The molecule has 0 saturated heterocycles. The Morgan fingerprint density at radius 2 is 2.29 bits per heavy atom. The zero-order valence-electron chi connectivity index (χ0n) is 10.9. The number of aromatic nitrogens is 1. The Hall–Kier alpha value is -0.450. The molecule has 0 bridgehead atoms. The maximum absolute atomic E-state index is 5.82. The predicted molar refractivity (Wildman–Crippen MR) is 71.2 cm³/mol. The summed E-state index contributed by atoms with van der Waals surface area (Å²) >= 11 is 1.79. The molecule has 1 aromatic rings. The van der Waals surface area contributed by atoms with Crippen molar-refractivity contribution >= 4 is 11.3 Å². The molecule has 17 heavy (non-hydrogen) atoms. The van der Waals surface area contributed by atoms with Crippen LogP contribution in [0.2, 0.25) is 0 Å². The first-order valence-corrected chi connectivity index (χ1v) is 7.32. The predicted octanol–water partition coefficient (Wildman–Crippen LogP) is 3.13. The van der Waals surface area contributed by atoms with Gasteiger partial charge in [0.2, 0.25) is 0 Å². The minimum absolute atomic E-state index is 0.248. The topological polar surface area (TPSA) is 34.1 Å². The molecule has 0 spiro atoms. The molecule has 1 fully saturated rings. The van der Waals surface area contributed by atoms with Gasteiger partial charge < -0.3 is 10.1 Å². The summed E-state index contributed by atoms with van der Waals surface area (Å²) in [6.07, 6.45) is 4.83. The number of nitrogens with one attached hydrogen (secondary N) is 1. The standard InChI is InChI=1S/C13H22N2OS/c1-4-16-12(10-5-6-10)13-15-8-11(17-13)7-14-9(2)3/h8-10,12,14H,4-7H2,1-3H3. The van der Waals surface area contributed by atoms with Crippen LogP contribution in [0.5, 0.6) is 0 Å². The van der Waals surface area contributed by atoms with Crippen LogP contribution in [0.25, 0.3) is 0 Å². The van der Waals surface area contributed by atoms with E-state index in [9.17, 15) is 0 Å². The fourth-order valence-electron chi connectivity index (χ4n) is 1.83. The Kier molecular flexibility index (Phi) is 4.54. The summed E-state index contributed by atoms with van der Waals surface area (Å²) in [5.41, 5.74) is 0. The van der Waals surface area contributed by atoms with Crippen LogP contribution in [0.15, 0.2) is 6.20 Å². The smallest absolute Gasteiger partial charge is 0.122 e. The van der Waals surface area contributed by atoms with Crippen LogP contribution in [0.3, 0.4) is 0 Å². The van der Waals surface area contributed by atoms with E-state index in [-0.39, 0.29) is 6.10 Å². The molecule has 1 atom stereocenters. The van der Waals surface area contributed by atoms with Gasteiger partial charge in [-0.3, -0.25) is 0 Å². The van der Waals surface area contributed by atoms with Crippen molar-refractivity contribution in [2.75, 3.05) is 6.61 Å². The molecule has 0 aromatic carbocycles. The largest absolute Gasteiger partial charge is 0.371 e. The molecule has 96 valence electrons. The van der Waals surface area contributed by atoms with E-state index in [2.05, 4.69) is 31.1 Å². The van der Waals surface area contributed by atoms with E-state index in [0.717, 1.165) is 18.2 Å². The van der Waals surface area contributed by atoms with Crippen molar-refractivity contribution in [3.05, 3.63) is 16.1 Å². The molecule has 1 aliphatic carbocycles. The lowest BCUT2D eigenvalue weighted by Gasteiger charge is -2.12. The van der Waals surface area contributed by atoms with Gasteiger partial charge in [-0.25, -0.2) is 4.98 Å². The van der Waals surface area contributed by atoms with E-state index in [4.69, 9.17) is 4.74 Å². The molecule has 0 amide bonds. The van der Waals surface area contributed by atoms with Crippen molar-refractivity contribution in [1.82, 2.24) is 10.3 Å². The molecule has 1 unspecified atom stereocenters. The van der Waals surface area contributed by atoms with Crippen molar-refractivity contribution in [2.45, 2.75) is 52.3 Å². The fraction of sp³-hybridized carbons (Fsp3) is 0.769. The number of hydrogen-bond donors (Lipinski definition) is 1. The second-order valence-electron chi connectivity index (χ2n) is 4.91. The van der Waals surface area contributed by atoms with E-state index in [1.54, 1.807) is 11.3 Å². The lowest BCUT2D eigenvalue weighted by atomic mass is 10.2. The number of ether oxygens (including phenoxy) is 1. The van der Waals surface area contributed by atoms with Gasteiger partial charge in [-0.1, -0.05) is 13.8 Å². The van der Waals surface area contributed by atoms with Gasteiger partial charge in [0.15, 0.2) is 0 Å². The van der Waals surface area contributed by atoms with Gasteiger partial charge in [-0.2, -0.15) is 0 Å². The number of hydrogen-bond acceptors (Lipinski definition) is 4. The van der Waals surface area contributed by atoms with E-state index < -0.39 is 0 Å². The van der Waals surface area contributed by atoms with Gasteiger partial charge >= 0.3 is 0 Å². The maximum Gasteiger partial charge on any atom is 0.122 e. The third-order valence-corrected chi connectivity index (χ3v) is 3.95. The second-order valence-corrected chi connectivity index (χ2v) is 6.06. The third-order valence-electron chi connectivity index (χ3n) is 2.90. The van der Waals surface area contributed by atoms with E-state index in [0.29, 0.717) is 12.0 Å². The molecule has 1 N–H and O–H groups in total. The summed E-state index contributed by atoms with van der Waals surface area (Å²) in [5, 5.41) is 4.58. The summed E-state index contributed by atoms with van der Waals surface area (Å²) in [7, 11) is 0. The number of thiazole rings is 1. The van der Waals surface area contributed by atoms with Crippen molar-refractivity contribution < 1.29 is 4.74 Å². The minimum atomic E-state index is 0.248. The molecule has 1 aromatic heterocycles. The molecule has 2 rings (SSSR count). The minimum Gasteiger partial charge on any atom is -0.371 e. The van der Waals surface area contributed by atoms with Crippen LogP contribution in [-0.4, -0.2) is 17.6 Å². The highest BCUT2D eigenvalue weighted by Crippen LogP contribution is 2.44. The number of rotatable bonds is 7. The third kappa shape index (κ3) is 3.76. The average Bonchev–Trinajstić information content (AvgIpc) is 3.02. The van der Waals surface area contributed by atoms with Gasteiger partial charge in [0.25, 0.3) is 0 Å². The first kappa shape index (κ1) is 13.0. The Balaban J connectivity index is 1.95. The highest BCUT2D eigenvalue weighted by atomic mass is 32.1. The highest BCUT2D eigenvalue weighted by molar-refractivity contribution is 7.11. The average molecular weight is 254 g/mol. The first-order chi connectivity index (χ1) is 8.20. The van der Waals surface area contributed by atoms with Crippen LogP contribution in [0, 0.1) is 5.92 Å². The SMILES string of the molecule is CCOC(c1ncc(CNC(C)C)s1)C1CC1. The van der Waals surface area contributed by atoms with E-state index in [1.165, 1.54) is 17.7 Å². The molecule has 3 nitrogen and oxygen atoms in total. The zero-order chi connectivity index (χ0) is 12.3. The van der Waals surface area contributed by atoms with Gasteiger partial charge in [-0.15, -0.1) is 11.3 Å². The molecule has 1 saturated carbocycles. The molecule has 0 radical (unpaired) electrons. The monoisotopic (exact) mass is 254 g/mol. The fourth-order valence-corrected chi connectivity index (χ4v) is 2.84. The van der Waals surface area contributed by atoms with E-state index >= 15 is 0 Å². The summed E-state index contributed by atoms with van der Waals surface area (Å²) in [4.78, 5) is 5.83. The molecule has 1 aliphatic rings. The van der Waals surface area contributed by atoms with Gasteiger partial charge in [-0.05, 0) is 25.7 Å². The Labute approximate surface area is 108 Å². The van der Waals surface area contributed by atoms with Crippen molar-refractivity contribution in [3.8, 4) is 0 Å². The molecular formula is C13H22N2OS. The van der Waals surface area contributed by atoms with Crippen molar-refractivity contribution in [2.24, 2.45) is 5.92 Å². The van der Waals surface area contributed by atoms with Crippen LogP contribution < -0.4 is 5.32 Å². The molecule has 1 heterocycles. The first-order valence-electron chi connectivity index (χ1n) is 6.50. The maximum atomic E-state index is 5.82.